The van der Waals surface area contributed by atoms with Crippen molar-refractivity contribution in [3.8, 4) is 0 Å². The van der Waals surface area contributed by atoms with Gasteiger partial charge in [0, 0.05) is 5.57 Å². The van der Waals surface area contributed by atoms with Gasteiger partial charge in [0.25, 0.3) is 0 Å². The molecule has 0 atom stereocenters. The van der Waals surface area contributed by atoms with Gasteiger partial charge in [0.2, 0.25) is 5.78 Å². The number of hydrogen-bond acceptors (Lipinski definition) is 3. The van der Waals surface area contributed by atoms with E-state index in [1.807, 2.05) is 30.3 Å². The standard InChI is InChI=1S/C17H18O3/c1-3-4-8-13-11-14(18)17(20-2)15(16(13)19)12-9-6-5-7-10-12/h5-7,9-11H,3-4,8H2,1-2H3. The van der Waals surface area contributed by atoms with Crippen LogP contribution in [0.15, 0.2) is 47.7 Å². The maximum absolute atomic E-state index is 12.6. The highest BCUT2D eigenvalue weighted by atomic mass is 16.5. The monoisotopic (exact) mass is 270 g/mol. The molecule has 1 aromatic carbocycles. The first-order chi connectivity index (χ1) is 9.69. The summed E-state index contributed by atoms with van der Waals surface area (Å²) in [7, 11) is 1.42. The molecule has 0 aromatic heterocycles. The molecule has 0 saturated carbocycles. The predicted molar refractivity (Wildman–Crippen MR) is 78.0 cm³/mol. The molecule has 0 radical (unpaired) electrons. The lowest BCUT2D eigenvalue weighted by atomic mass is 9.87. The summed E-state index contributed by atoms with van der Waals surface area (Å²) in [6, 6.07) is 9.21. The summed E-state index contributed by atoms with van der Waals surface area (Å²) in [6.07, 6.45) is 3.94. The van der Waals surface area contributed by atoms with Gasteiger partial charge in [-0.1, -0.05) is 43.7 Å². The number of ether oxygens (including phenoxy) is 1. The zero-order valence-electron chi connectivity index (χ0n) is 11.8. The average Bonchev–Trinajstić information content (AvgIpc) is 2.48. The van der Waals surface area contributed by atoms with E-state index in [0.29, 0.717) is 17.6 Å². The lowest BCUT2D eigenvalue weighted by molar-refractivity contribution is -0.116. The van der Waals surface area contributed by atoms with E-state index < -0.39 is 0 Å². The van der Waals surface area contributed by atoms with Crippen molar-refractivity contribution >= 4 is 17.1 Å². The Morgan fingerprint density at radius 2 is 1.80 bits per heavy atom. The van der Waals surface area contributed by atoms with E-state index in [2.05, 4.69) is 6.92 Å². The van der Waals surface area contributed by atoms with Crippen LogP contribution in [0.25, 0.3) is 5.57 Å². The Kier molecular flexibility index (Phi) is 4.51. The zero-order chi connectivity index (χ0) is 14.5. The van der Waals surface area contributed by atoms with E-state index in [-0.39, 0.29) is 17.3 Å². The fourth-order valence-corrected chi connectivity index (χ4v) is 2.30. The molecule has 1 aliphatic rings. The maximum Gasteiger partial charge on any atom is 0.221 e. The van der Waals surface area contributed by atoms with Crippen LogP contribution < -0.4 is 0 Å². The predicted octanol–water partition coefficient (Wildman–Crippen LogP) is 3.31. The molecule has 0 heterocycles. The van der Waals surface area contributed by atoms with Crippen molar-refractivity contribution in [3.05, 3.63) is 53.3 Å². The second-order valence-corrected chi connectivity index (χ2v) is 4.74. The van der Waals surface area contributed by atoms with E-state index >= 15 is 0 Å². The summed E-state index contributed by atoms with van der Waals surface area (Å²) in [6.45, 7) is 2.06. The fraction of sp³-hybridized carbons (Fsp3) is 0.294. The van der Waals surface area contributed by atoms with Gasteiger partial charge in [0.15, 0.2) is 11.5 Å². The van der Waals surface area contributed by atoms with Gasteiger partial charge >= 0.3 is 0 Å². The van der Waals surface area contributed by atoms with Crippen LogP contribution in [-0.4, -0.2) is 18.7 Å². The highest BCUT2D eigenvalue weighted by Crippen LogP contribution is 2.30. The van der Waals surface area contributed by atoms with Crippen LogP contribution in [0.3, 0.4) is 0 Å². The highest BCUT2D eigenvalue weighted by molar-refractivity contribution is 6.37. The fourth-order valence-electron chi connectivity index (χ4n) is 2.30. The smallest absolute Gasteiger partial charge is 0.221 e. The SMILES string of the molecule is CCCCC1=CC(=O)C(OC)=C(c2ccccc2)C1=O. The van der Waals surface area contributed by atoms with Gasteiger partial charge in [0.1, 0.15) is 0 Å². The normalized spacial score (nSPS) is 15.4. The molecule has 0 unspecified atom stereocenters. The minimum Gasteiger partial charge on any atom is -0.492 e. The number of unbranched alkanes of at least 4 members (excludes halogenated alkanes) is 1. The van der Waals surface area contributed by atoms with E-state index in [0.717, 1.165) is 18.4 Å². The van der Waals surface area contributed by atoms with Crippen molar-refractivity contribution in [1.29, 1.82) is 0 Å². The van der Waals surface area contributed by atoms with Gasteiger partial charge in [0.05, 0.1) is 12.7 Å². The van der Waals surface area contributed by atoms with Gasteiger partial charge < -0.3 is 4.74 Å². The van der Waals surface area contributed by atoms with Crippen LogP contribution in [0, 0.1) is 0 Å². The van der Waals surface area contributed by atoms with Crippen LogP contribution >= 0.6 is 0 Å². The van der Waals surface area contributed by atoms with E-state index in [9.17, 15) is 9.59 Å². The van der Waals surface area contributed by atoms with Crippen molar-refractivity contribution in [1.82, 2.24) is 0 Å². The quantitative estimate of drug-likeness (QED) is 0.771. The minimum atomic E-state index is -0.225. The van der Waals surface area contributed by atoms with Crippen molar-refractivity contribution in [2.75, 3.05) is 7.11 Å². The van der Waals surface area contributed by atoms with Gasteiger partial charge in [-0.25, -0.2) is 0 Å². The highest BCUT2D eigenvalue weighted by Gasteiger charge is 2.29. The second-order valence-electron chi connectivity index (χ2n) is 4.74. The van der Waals surface area contributed by atoms with Crippen molar-refractivity contribution in [3.63, 3.8) is 0 Å². The maximum atomic E-state index is 12.6. The van der Waals surface area contributed by atoms with E-state index in [1.165, 1.54) is 13.2 Å². The molecule has 1 aliphatic carbocycles. The molecule has 0 aliphatic heterocycles. The van der Waals surface area contributed by atoms with Gasteiger partial charge in [-0.05, 0) is 24.5 Å². The third kappa shape index (κ3) is 2.72. The number of ketones is 2. The first kappa shape index (κ1) is 14.3. The van der Waals surface area contributed by atoms with Crippen LogP contribution in [0.1, 0.15) is 31.7 Å². The van der Waals surface area contributed by atoms with Crippen LogP contribution in [0.4, 0.5) is 0 Å². The lowest BCUT2D eigenvalue weighted by Gasteiger charge is -2.18. The van der Waals surface area contributed by atoms with Gasteiger partial charge in [-0.2, -0.15) is 0 Å². The first-order valence-electron chi connectivity index (χ1n) is 6.82. The molecule has 3 heteroatoms. The molecule has 0 bridgehead atoms. The Labute approximate surface area is 118 Å². The number of methoxy groups -OCH3 is 1. The van der Waals surface area contributed by atoms with E-state index in [1.54, 1.807) is 0 Å². The molecule has 0 fully saturated rings. The Bertz CT molecular complexity index is 580. The Hall–Kier alpha value is -2.16. The molecule has 3 nitrogen and oxygen atoms in total. The lowest BCUT2D eigenvalue weighted by Crippen LogP contribution is -2.19. The molecular weight excluding hydrogens is 252 g/mol. The van der Waals surface area contributed by atoms with Gasteiger partial charge in [-0.15, -0.1) is 0 Å². The molecule has 0 N–H and O–H groups in total. The Balaban J connectivity index is 2.45. The molecule has 1 aromatic rings. The molecule has 0 spiro atoms. The number of benzene rings is 1. The largest absolute Gasteiger partial charge is 0.492 e. The van der Waals surface area contributed by atoms with Crippen LogP contribution in [-0.2, 0) is 14.3 Å². The third-order valence-electron chi connectivity index (χ3n) is 3.34. The van der Waals surface area contributed by atoms with Crippen molar-refractivity contribution in [2.45, 2.75) is 26.2 Å². The number of Topliss-reactive ketones (excluding diaryl/α,β-unsaturated/α-hetero) is 1. The molecule has 0 saturated heterocycles. The number of carbonyl (C=O) groups is 2. The van der Waals surface area contributed by atoms with Gasteiger partial charge in [-0.3, -0.25) is 9.59 Å². The summed E-state index contributed by atoms with van der Waals surface area (Å²) in [5.41, 5.74) is 1.69. The molecule has 20 heavy (non-hydrogen) atoms. The summed E-state index contributed by atoms with van der Waals surface area (Å²) in [4.78, 5) is 24.7. The summed E-state index contributed by atoms with van der Waals surface area (Å²) < 4.78 is 5.16. The number of allylic oxidation sites excluding steroid dienone is 3. The van der Waals surface area contributed by atoms with E-state index in [4.69, 9.17) is 4.74 Å². The molecule has 104 valence electrons. The second kappa shape index (κ2) is 6.33. The van der Waals surface area contributed by atoms with Crippen molar-refractivity contribution < 1.29 is 14.3 Å². The Morgan fingerprint density at radius 1 is 1.10 bits per heavy atom. The molecular formula is C17H18O3. The van der Waals surface area contributed by atoms with Crippen molar-refractivity contribution in [2.24, 2.45) is 0 Å². The first-order valence-corrected chi connectivity index (χ1v) is 6.82. The summed E-state index contributed by atoms with van der Waals surface area (Å²) >= 11 is 0. The Morgan fingerprint density at radius 3 is 2.40 bits per heavy atom. The molecule has 2 rings (SSSR count). The molecule has 0 amide bonds. The average molecular weight is 270 g/mol. The summed E-state index contributed by atoms with van der Waals surface area (Å²) in [5, 5.41) is 0. The zero-order valence-corrected chi connectivity index (χ0v) is 11.8. The van der Waals surface area contributed by atoms with Crippen LogP contribution in [0.5, 0.6) is 0 Å². The number of hydrogen-bond donors (Lipinski definition) is 0. The summed E-state index contributed by atoms with van der Waals surface area (Å²) in [5.74, 6) is -0.181. The van der Waals surface area contributed by atoms with Crippen LogP contribution in [0.2, 0.25) is 0 Å². The topological polar surface area (TPSA) is 43.4 Å². The minimum absolute atomic E-state index is 0.0962. The number of rotatable bonds is 5. The third-order valence-corrected chi connectivity index (χ3v) is 3.34. The number of carbonyl (C=O) groups excluding carboxylic acids is 2.